The van der Waals surface area contributed by atoms with E-state index in [1.54, 1.807) is 7.11 Å². The van der Waals surface area contributed by atoms with Crippen molar-refractivity contribution in [2.24, 2.45) is 5.73 Å². The molecule has 88 valence electrons. The molecule has 2 unspecified atom stereocenters. The molecule has 1 aromatic rings. The average molecular weight is 219 g/mol. The van der Waals surface area contributed by atoms with Crippen LogP contribution in [0.4, 0.5) is 0 Å². The van der Waals surface area contributed by atoms with Crippen molar-refractivity contribution in [1.82, 2.24) is 0 Å². The van der Waals surface area contributed by atoms with Gasteiger partial charge in [-0.2, -0.15) is 0 Å². The third-order valence-corrected chi connectivity index (χ3v) is 3.78. The highest BCUT2D eigenvalue weighted by molar-refractivity contribution is 5.28. The van der Waals surface area contributed by atoms with E-state index >= 15 is 0 Å². The molecule has 16 heavy (non-hydrogen) atoms. The first-order valence-corrected chi connectivity index (χ1v) is 6.10. The molecule has 0 aliphatic heterocycles. The molecule has 1 aliphatic rings. The minimum Gasteiger partial charge on any atom is -0.380 e. The molecule has 0 spiro atoms. The summed E-state index contributed by atoms with van der Waals surface area (Å²) in [6.07, 6.45) is 4.14. The van der Waals surface area contributed by atoms with Gasteiger partial charge in [0.05, 0.1) is 12.1 Å². The first kappa shape index (κ1) is 11.6. The predicted octanol–water partition coefficient (Wildman–Crippen LogP) is 2.99. The maximum atomic E-state index is 6.10. The second-order valence-electron chi connectivity index (χ2n) is 4.76. The second-order valence-corrected chi connectivity index (χ2v) is 4.76. The molecule has 0 bridgehead atoms. The van der Waals surface area contributed by atoms with Crippen molar-refractivity contribution >= 4 is 0 Å². The minimum atomic E-state index is -0.0274. The fourth-order valence-electron chi connectivity index (χ4n) is 2.15. The van der Waals surface area contributed by atoms with Crippen LogP contribution < -0.4 is 5.73 Å². The monoisotopic (exact) mass is 219 g/mol. The number of hydrogen-bond donors (Lipinski definition) is 1. The Morgan fingerprint density at radius 1 is 1.25 bits per heavy atom. The van der Waals surface area contributed by atoms with Crippen LogP contribution in [0.1, 0.15) is 49.3 Å². The van der Waals surface area contributed by atoms with Crippen LogP contribution in [-0.2, 0) is 4.74 Å². The molecule has 2 atom stereocenters. The van der Waals surface area contributed by atoms with Crippen molar-refractivity contribution in [3.05, 3.63) is 35.4 Å². The van der Waals surface area contributed by atoms with Crippen molar-refractivity contribution in [3.63, 3.8) is 0 Å². The zero-order valence-electron chi connectivity index (χ0n) is 10.1. The predicted molar refractivity (Wildman–Crippen MR) is 66.4 cm³/mol. The smallest absolute Gasteiger partial charge is 0.0735 e. The van der Waals surface area contributed by atoms with E-state index in [-0.39, 0.29) is 12.1 Å². The summed E-state index contributed by atoms with van der Waals surface area (Å²) in [7, 11) is 1.70. The van der Waals surface area contributed by atoms with Crippen molar-refractivity contribution < 1.29 is 4.74 Å². The Balaban J connectivity index is 2.06. The van der Waals surface area contributed by atoms with Gasteiger partial charge in [-0.05, 0) is 36.8 Å². The number of methoxy groups -OCH3 is 1. The molecule has 0 heterocycles. The first-order chi connectivity index (χ1) is 7.72. The second kappa shape index (κ2) is 4.98. The number of hydrogen-bond acceptors (Lipinski definition) is 2. The number of rotatable bonds is 4. The lowest BCUT2D eigenvalue weighted by Gasteiger charge is -2.26. The Kier molecular flexibility index (Phi) is 3.62. The van der Waals surface area contributed by atoms with Gasteiger partial charge in [0.1, 0.15) is 0 Å². The molecule has 2 rings (SSSR count). The lowest BCUT2D eigenvalue weighted by atomic mass is 9.80. The molecule has 1 aromatic carbocycles. The third kappa shape index (κ3) is 2.28. The van der Waals surface area contributed by atoms with Crippen molar-refractivity contribution in [3.8, 4) is 0 Å². The van der Waals surface area contributed by atoms with E-state index in [0.29, 0.717) is 0 Å². The minimum absolute atomic E-state index is 0.0274. The van der Waals surface area contributed by atoms with Crippen molar-refractivity contribution in [1.29, 1.82) is 0 Å². The molecular formula is C14H21NO. The van der Waals surface area contributed by atoms with Gasteiger partial charge < -0.3 is 10.5 Å². The van der Waals surface area contributed by atoms with E-state index in [2.05, 4.69) is 24.3 Å². The SMILES string of the molecule is COC(C)C(N)c1ccc(C2CCC2)cc1. The topological polar surface area (TPSA) is 35.2 Å². The van der Waals surface area contributed by atoms with Crippen molar-refractivity contribution in [2.75, 3.05) is 7.11 Å². The Morgan fingerprint density at radius 2 is 1.88 bits per heavy atom. The van der Waals surface area contributed by atoms with E-state index in [4.69, 9.17) is 10.5 Å². The Hall–Kier alpha value is -0.860. The highest BCUT2D eigenvalue weighted by Crippen LogP contribution is 2.36. The molecule has 0 aromatic heterocycles. The highest BCUT2D eigenvalue weighted by Gasteiger charge is 2.20. The average Bonchev–Trinajstić information content (AvgIpc) is 2.26. The molecule has 2 N–H and O–H groups in total. The zero-order chi connectivity index (χ0) is 11.5. The van der Waals surface area contributed by atoms with E-state index in [9.17, 15) is 0 Å². The van der Waals surface area contributed by atoms with Crippen LogP contribution in [0.25, 0.3) is 0 Å². The van der Waals surface area contributed by atoms with E-state index in [0.717, 1.165) is 11.5 Å². The van der Waals surface area contributed by atoms with Crippen LogP contribution >= 0.6 is 0 Å². The summed E-state index contributed by atoms with van der Waals surface area (Å²) in [5.74, 6) is 0.796. The van der Waals surface area contributed by atoms with E-state index in [1.807, 2.05) is 6.92 Å². The fourth-order valence-corrected chi connectivity index (χ4v) is 2.15. The van der Waals surface area contributed by atoms with Gasteiger partial charge in [0, 0.05) is 7.11 Å². The maximum absolute atomic E-state index is 6.10. The van der Waals surface area contributed by atoms with Gasteiger partial charge in [0.25, 0.3) is 0 Å². The van der Waals surface area contributed by atoms with Gasteiger partial charge in [0.15, 0.2) is 0 Å². The van der Waals surface area contributed by atoms with Gasteiger partial charge in [-0.25, -0.2) is 0 Å². The lowest BCUT2D eigenvalue weighted by Crippen LogP contribution is -2.25. The maximum Gasteiger partial charge on any atom is 0.0735 e. The van der Waals surface area contributed by atoms with Gasteiger partial charge in [-0.1, -0.05) is 30.7 Å². The largest absolute Gasteiger partial charge is 0.380 e. The molecule has 1 fully saturated rings. The summed E-state index contributed by atoms with van der Waals surface area (Å²) in [4.78, 5) is 0. The van der Waals surface area contributed by atoms with Crippen LogP contribution in [0.15, 0.2) is 24.3 Å². The standard InChI is InChI=1S/C14H21NO/c1-10(16-2)14(15)13-8-6-12(7-9-13)11-4-3-5-11/h6-11,14H,3-5,15H2,1-2H3. The van der Waals surface area contributed by atoms with E-state index < -0.39 is 0 Å². The lowest BCUT2D eigenvalue weighted by molar-refractivity contribution is 0.0956. The van der Waals surface area contributed by atoms with Crippen molar-refractivity contribution in [2.45, 2.75) is 44.2 Å². The van der Waals surface area contributed by atoms with Crippen LogP contribution in [0.3, 0.4) is 0 Å². The van der Waals surface area contributed by atoms with Crippen LogP contribution in [0, 0.1) is 0 Å². The summed E-state index contributed by atoms with van der Waals surface area (Å²) in [6, 6.07) is 8.71. The van der Waals surface area contributed by atoms with Crippen LogP contribution in [0.5, 0.6) is 0 Å². The Bertz CT molecular complexity index is 329. The van der Waals surface area contributed by atoms with E-state index in [1.165, 1.54) is 24.8 Å². The quantitative estimate of drug-likeness (QED) is 0.845. The summed E-state index contributed by atoms with van der Waals surface area (Å²) in [5.41, 5.74) is 8.73. The van der Waals surface area contributed by atoms with Gasteiger partial charge in [-0.3, -0.25) is 0 Å². The first-order valence-electron chi connectivity index (χ1n) is 6.10. The van der Waals surface area contributed by atoms with Gasteiger partial charge in [-0.15, -0.1) is 0 Å². The fraction of sp³-hybridized carbons (Fsp3) is 0.571. The number of ether oxygens (including phenoxy) is 1. The van der Waals surface area contributed by atoms with Crippen LogP contribution in [0.2, 0.25) is 0 Å². The molecule has 1 saturated carbocycles. The number of nitrogens with two attached hydrogens (primary N) is 1. The summed E-state index contributed by atoms with van der Waals surface area (Å²) >= 11 is 0. The third-order valence-electron chi connectivity index (χ3n) is 3.78. The van der Waals surface area contributed by atoms with Crippen LogP contribution in [-0.4, -0.2) is 13.2 Å². The summed E-state index contributed by atoms with van der Waals surface area (Å²) in [6.45, 7) is 2.00. The Labute approximate surface area is 97.8 Å². The summed E-state index contributed by atoms with van der Waals surface area (Å²) < 4.78 is 5.25. The molecule has 0 saturated heterocycles. The normalized spacial score (nSPS) is 20.2. The Morgan fingerprint density at radius 3 is 2.31 bits per heavy atom. The van der Waals surface area contributed by atoms with Gasteiger partial charge in [0.2, 0.25) is 0 Å². The molecule has 0 radical (unpaired) electrons. The highest BCUT2D eigenvalue weighted by atomic mass is 16.5. The molecule has 0 amide bonds. The zero-order valence-corrected chi connectivity index (χ0v) is 10.1. The number of benzene rings is 1. The summed E-state index contributed by atoms with van der Waals surface area (Å²) in [5, 5.41) is 0. The molecular weight excluding hydrogens is 198 g/mol. The molecule has 2 nitrogen and oxygen atoms in total. The van der Waals surface area contributed by atoms with Gasteiger partial charge >= 0.3 is 0 Å². The molecule has 2 heteroatoms. The molecule has 1 aliphatic carbocycles.